The molecule has 1 aliphatic rings. The van der Waals surface area contributed by atoms with Gasteiger partial charge in [-0.25, -0.2) is 0 Å². The van der Waals surface area contributed by atoms with E-state index < -0.39 is 0 Å². The van der Waals surface area contributed by atoms with E-state index in [-0.39, 0.29) is 11.9 Å². The number of benzene rings is 1. The summed E-state index contributed by atoms with van der Waals surface area (Å²) >= 11 is 0. The molecule has 1 aromatic rings. The van der Waals surface area contributed by atoms with E-state index in [1.807, 2.05) is 13.8 Å². The lowest BCUT2D eigenvalue weighted by Crippen LogP contribution is -2.41. The number of hydrogen-bond donors (Lipinski definition) is 3. The average molecular weight is 247 g/mol. The Morgan fingerprint density at radius 1 is 1.50 bits per heavy atom. The van der Waals surface area contributed by atoms with Crippen molar-refractivity contribution in [3.8, 4) is 0 Å². The lowest BCUT2D eigenvalue weighted by molar-refractivity contribution is -0.122. The molecule has 4 heteroatoms. The summed E-state index contributed by atoms with van der Waals surface area (Å²) in [5, 5.41) is 9.48. The fourth-order valence-electron chi connectivity index (χ4n) is 2.24. The van der Waals surface area contributed by atoms with E-state index in [0.717, 1.165) is 13.0 Å². The van der Waals surface area contributed by atoms with Crippen molar-refractivity contribution in [2.45, 2.75) is 32.9 Å². The number of para-hydroxylation sites is 1. The quantitative estimate of drug-likeness (QED) is 0.734. The zero-order valence-corrected chi connectivity index (χ0v) is 11.0. The summed E-state index contributed by atoms with van der Waals surface area (Å²) in [6.07, 6.45) is 1.09. The number of anilines is 1. The smallest absolute Gasteiger partial charge is 0.236 e. The summed E-state index contributed by atoms with van der Waals surface area (Å²) in [7, 11) is 0. The van der Waals surface area contributed by atoms with Crippen LogP contribution in [0.2, 0.25) is 0 Å². The van der Waals surface area contributed by atoms with Crippen LogP contribution in [0.5, 0.6) is 0 Å². The fourth-order valence-corrected chi connectivity index (χ4v) is 2.24. The molecular weight excluding hydrogens is 226 g/mol. The van der Waals surface area contributed by atoms with Crippen molar-refractivity contribution in [1.82, 2.24) is 10.6 Å². The van der Waals surface area contributed by atoms with Crippen molar-refractivity contribution in [3.05, 3.63) is 29.3 Å². The third kappa shape index (κ3) is 2.82. The van der Waals surface area contributed by atoms with Crippen LogP contribution >= 0.6 is 0 Å². The zero-order chi connectivity index (χ0) is 13.0. The molecule has 1 atom stereocenters. The maximum Gasteiger partial charge on any atom is 0.236 e. The molecular formula is C14H21N3O. The lowest BCUT2D eigenvalue weighted by Gasteiger charge is -2.15. The van der Waals surface area contributed by atoms with Crippen molar-refractivity contribution in [2.75, 3.05) is 18.4 Å². The lowest BCUT2D eigenvalue weighted by atomic mass is 10.1. The second-order valence-corrected chi connectivity index (χ2v) is 4.63. The van der Waals surface area contributed by atoms with Crippen LogP contribution in [-0.4, -0.2) is 25.0 Å². The molecule has 0 radical (unpaired) electrons. The van der Waals surface area contributed by atoms with Gasteiger partial charge in [0.1, 0.15) is 0 Å². The third-order valence-corrected chi connectivity index (χ3v) is 3.28. The van der Waals surface area contributed by atoms with Gasteiger partial charge in [0.2, 0.25) is 5.91 Å². The van der Waals surface area contributed by atoms with Gasteiger partial charge in [0, 0.05) is 25.3 Å². The number of nitrogens with one attached hydrogen (secondary N) is 3. The van der Waals surface area contributed by atoms with Crippen LogP contribution in [0.3, 0.4) is 0 Å². The molecule has 18 heavy (non-hydrogen) atoms. The van der Waals surface area contributed by atoms with Gasteiger partial charge in [-0.05, 0) is 31.4 Å². The normalized spacial score (nSPS) is 14.8. The number of carbonyl (C=O) groups excluding carboxylic acids is 1. The minimum Gasteiger partial charge on any atom is -0.384 e. The van der Waals surface area contributed by atoms with Crippen LogP contribution < -0.4 is 16.0 Å². The topological polar surface area (TPSA) is 53.2 Å². The predicted octanol–water partition coefficient (Wildman–Crippen LogP) is 1.27. The summed E-state index contributed by atoms with van der Waals surface area (Å²) in [6.45, 7) is 6.22. The highest BCUT2D eigenvalue weighted by Gasteiger charge is 2.15. The van der Waals surface area contributed by atoms with Gasteiger partial charge in [-0.2, -0.15) is 0 Å². The van der Waals surface area contributed by atoms with Gasteiger partial charge in [-0.15, -0.1) is 0 Å². The molecule has 1 aliphatic heterocycles. The molecule has 4 nitrogen and oxygen atoms in total. The number of amides is 1. The third-order valence-electron chi connectivity index (χ3n) is 3.28. The number of rotatable bonds is 5. The second-order valence-electron chi connectivity index (χ2n) is 4.63. The van der Waals surface area contributed by atoms with Crippen LogP contribution in [0, 0.1) is 0 Å². The van der Waals surface area contributed by atoms with Crippen molar-refractivity contribution in [1.29, 1.82) is 0 Å². The maximum atomic E-state index is 11.6. The molecule has 1 unspecified atom stereocenters. The highest BCUT2D eigenvalue weighted by Crippen LogP contribution is 2.26. The van der Waals surface area contributed by atoms with Gasteiger partial charge in [-0.3, -0.25) is 4.79 Å². The van der Waals surface area contributed by atoms with E-state index in [0.29, 0.717) is 13.1 Å². The van der Waals surface area contributed by atoms with Crippen molar-refractivity contribution < 1.29 is 4.79 Å². The molecule has 1 amide bonds. The van der Waals surface area contributed by atoms with Crippen LogP contribution in [0.25, 0.3) is 0 Å². The summed E-state index contributed by atoms with van der Waals surface area (Å²) in [5.74, 6) is 0.0537. The molecule has 0 saturated heterocycles. The van der Waals surface area contributed by atoms with E-state index >= 15 is 0 Å². The van der Waals surface area contributed by atoms with Crippen LogP contribution in [0.15, 0.2) is 18.2 Å². The van der Waals surface area contributed by atoms with Crippen molar-refractivity contribution in [3.63, 3.8) is 0 Å². The Bertz CT molecular complexity index is 431. The van der Waals surface area contributed by atoms with Gasteiger partial charge in [0.05, 0.1) is 6.04 Å². The Hall–Kier alpha value is -1.55. The minimum atomic E-state index is -0.165. The van der Waals surface area contributed by atoms with Crippen molar-refractivity contribution >= 4 is 11.6 Å². The highest BCUT2D eigenvalue weighted by atomic mass is 16.2. The second kappa shape index (κ2) is 5.87. The van der Waals surface area contributed by atoms with Crippen LogP contribution in [0.1, 0.15) is 25.0 Å². The Morgan fingerprint density at radius 3 is 3.11 bits per heavy atom. The molecule has 0 spiro atoms. The Labute approximate surface area is 108 Å². The monoisotopic (exact) mass is 247 g/mol. The van der Waals surface area contributed by atoms with Crippen LogP contribution in [-0.2, 0) is 17.8 Å². The molecule has 0 aliphatic carbocycles. The van der Waals surface area contributed by atoms with Gasteiger partial charge in [0.15, 0.2) is 0 Å². The van der Waals surface area contributed by atoms with E-state index in [4.69, 9.17) is 0 Å². The van der Waals surface area contributed by atoms with E-state index in [1.54, 1.807) is 0 Å². The zero-order valence-electron chi connectivity index (χ0n) is 11.0. The largest absolute Gasteiger partial charge is 0.384 e. The van der Waals surface area contributed by atoms with Gasteiger partial charge in [-0.1, -0.05) is 18.2 Å². The summed E-state index contributed by atoms with van der Waals surface area (Å²) in [4.78, 5) is 11.6. The van der Waals surface area contributed by atoms with Crippen molar-refractivity contribution in [2.24, 2.45) is 0 Å². The first-order valence-electron chi connectivity index (χ1n) is 6.58. The molecule has 1 heterocycles. The highest BCUT2D eigenvalue weighted by molar-refractivity contribution is 5.81. The molecule has 1 aromatic carbocycles. The molecule has 3 N–H and O–H groups in total. The van der Waals surface area contributed by atoms with E-state index in [1.165, 1.54) is 16.8 Å². The van der Waals surface area contributed by atoms with Crippen LogP contribution in [0.4, 0.5) is 5.69 Å². The molecule has 0 bridgehead atoms. The SMILES string of the molecule is CCNC(=O)C(C)NCc1cccc2c1NCC2. The number of likely N-dealkylation sites (N-methyl/N-ethyl adjacent to an activating group) is 1. The van der Waals surface area contributed by atoms with Gasteiger partial charge < -0.3 is 16.0 Å². The summed E-state index contributed by atoms with van der Waals surface area (Å²) in [5.41, 5.74) is 3.86. The Morgan fingerprint density at radius 2 is 2.33 bits per heavy atom. The first-order chi connectivity index (χ1) is 8.72. The maximum absolute atomic E-state index is 11.6. The predicted molar refractivity (Wildman–Crippen MR) is 73.6 cm³/mol. The van der Waals surface area contributed by atoms with Gasteiger partial charge >= 0.3 is 0 Å². The molecule has 2 rings (SSSR count). The fraction of sp³-hybridized carbons (Fsp3) is 0.500. The summed E-state index contributed by atoms with van der Waals surface area (Å²) in [6, 6.07) is 6.18. The Kier molecular flexibility index (Phi) is 4.20. The molecule has 0 fully saturated rings. The molecule has 0 saturated carbocycles. The standard InChI is InChI=1S/C14H21N3O/c1-3-15-14(18)10(2)17-9-12-6-4-5-11-7-8-16-13(11)12/h4-6,10,16-17H,3,7-9H2,1-2H3,(H,15,18). The number of hydrogen-bond acceptors (Lipinski definition) is 3. The first kappa shape index (κ1) is 12.9. The number of carbonyl (C=O) groups is 1. The summed E-state index contributed by atoms with van der Waals surface area (Å²) < 4.78 is 0. The first-order valence-corrected chi connectivity index (χ1v) is 6.58. The number of fused-ring (bicyclic) bond motifs is 1. The Balaban J connectivity index is 1.95. The van der Waals surface area contributed by atoms with E-state index in [2.05, 4.69) is 34.1 Å². The molecule has 0 aromatic heterocycles. The average Bonchev–Trinajstić information content (AvgIpc) is 2.84. The minimum absolute atomic E-state index is 0.0537. The van der Waals surface area contributed by atoms with E-state index in [9.17, 15) is 4.79 Å². The van der Waals surface area contributed by atoms with Gasteiger partial charge in [0.25, 0.3) is 0 Å². The molecule has 98 valence electrons.